The van der Waals surface area contributed by atoms with E-state index in [0.717, 1.165) is 37.1 Å². The summed E-state index contributed by atoms with van der Waals surface area (Å²) in [6.07, 6.45) is 1.29. The molecule has 0 saturated carbocycles. The highest BCUT2D eigenvalue weighted by atomic mass is 127. The molecule has 1 aliphatic rings. The van der Waals surface area contributed by atoms with Crippen LogP contribution in [0.15, 0.2) is 23.2 Å². The van der Waals surface area contributed by atoms with E-state index in [1.807, 2.05) is 13.1 Å². The third-order valence-electron chi connectivity index (χ3n) is 5.25. The van der Waals surface area contributed by atoms with E-state index >= 15 is 0 Å². The Labute approximate surface area is 187 Å². The molecular weight excluding hydrogens is 467 g/mol. The van der Waals surface area contributed by atoms with Crippen LogP contribution in [0, 0.1) is 11.8 Å². The molecule has 7 heteroatoms. The maximum Gasteiger partial charge on any atom is 0.193 e. The van der Waals surface area contributed by atoms with Crippen LogP contribution in [0.5, 0.6) is 11.5 Å². The second kappa shape index (κ2) is 11.7. The van der Waals surface area contributed by atoms with E-state index in [-0.39, 0.29) is 30.0 Å². The predicted octanol–water partition coefficient (Wildman–Crippen LogP) is 3.48. The number of hydrogen-bond donors (Lipinski definition) is 1. The number of aliphatic imine (C=N–C) groups is 1. The zero-order valence-corrected chi connectivity index (χ0v) is 20.7. The largest absolute Gasteiger partial charge is 0.493 e. The molecular formula is C21H37IN4O2. The monoisotopic (exact) mass is 504 g/mol. The molecule has 1 aliphatic heterocycles. The first-order valence-corrected chi connectivity index (χ1v) is 9.73. The van der Waals surface area contributed by atoms with E-state index in [2.05, 4.69) is 60.2 Å². The zero-order chi connectivity index (χ0) is 20.0. The van der Waals surface area contributed by atoms with Crippen molar-refractivity contribution in [3.63, 3.8) is 0 Å². The minimum atomic E-state index is 0. The Morgan fingerprint density at radius 2 is 1.79 bits per heavy atom. The average Bonchev–Trinajstić information content (AvgIpc) is 2.63. The van der Waals surface area contributed by atoms with Crippen molar-refractivity contribution in [1.29, 1.82) is 0 Å². The maximum atomic E-state index is 5.48. The molecule has 1 aromatic carbocycles. The summed E-state index contributed by atoms with van der Waals surface area (Å²) >= 11 is 0. The first kappa shape index (κ1) is 24.8. The predicted molar refractivity (Wildman–Crippen MR) is 127 cm³/mol. The Bertz CT molecular complexity index is 629. The lowest BCUT2D eigenvalue weighted by Crippen LogP contribution is -2.49. The number of nitrogens with one attached hydrogen (secondary N) is 1. The lowest BCUT2D eigenvalue weighted by atomic mass is 9.92. The first-order valence-electron chi connectivity index (χ1n) is 9.73. The van der Waals surface area contributed by atoms with E-state index in [0.29, 0.717) is 11.8 Å². The number of guanidine groups is 1. The fourth-order valence-corrected chi connectivity index (χ4v) is 4.01. The van der Waals surface area contributed by atoms with Crippen LogP contribution in [-0.4, -0.2) is 70.8 Å². The van der Waals surface area contributed by atoms with Crippen LogP contribution >= 0.6 is 24.0 Å². The first-order chi connectivity index (χ1) is 12.9. The lowest BCUT2D eigenvalue weighted by molar-refractivity contribution is 0.206. The summed E-state index contributed by atoms with van der Waals surface area (Å²) in [6.45, 7) is 7.54. The van der Waals surface area contributed by atoms with Crippen LogP contribution in [0.4, 0.5) is 0 Å². The number of benzene rings is 1. The molecule has 0 aliphatic carbocycles. The molecule has 1 aromatic rings. The number of ether oxygens (including phenoxy) is 2. The summed E-state index contributed by atoms with van der Waals surface area (Å²) in [5, 5.41) is 3.59. The number of methoxy groups -OCH3 is 2. The molecule has 28 heavy (non-hydrogen) atoms. The standard InChI is InChI=1S/C21H36N4O2.HI/c1-15-10-16(2)14-25(13-15)21(22-3)23-12-18(24(4)5)17-8-9-19(26-6)20(11-17)27-7;/h8-9,11,15-16,18H,10,12-14H2,1-7H3,(H,22,23);1H. The second-order valence-electron chi connectivity index (χ2n) is 7.87. The molecule has 0 radical (unpaired) electrons. The van der Waals surface area contributed by atoms with E-state index in [9.17, 15) is 0 Å². The van der Waals surface area contributed by atoms with E-state index in [4.69, 9.17) is 9.47 Å². The number of likely N-dealkylation sites (N-methyl/N-ethyl adjacent to an activating group) is 1. The average molecular weight is 504 g/mol. The van der Waals surface area contributed by atoms with E-state index in [1.54, 1.807) is 14.2 Å². The van der Waals surface area contributed by atoms with E-state index in [1.165, 1.54) is 12.0 Å². The lowest BCUT2D eigenvalue weighted by Gasteiger charge is -2.37. The summed E-state index contributed by atoms with van der Waals surface area (Å²) in [6, 6.07) is 6.31. The number of piperidine rings is 1. The smallest absolute Gasteiger partial charge is 0.193 e. The molecule has 0 amide bonds. The molecule has 3 atom stereocenters. The normalized spacial score (nSPS) is 21.1. The van der Waals surface area contributed by atoms with Gasteiger partial charge in [0, 0.05) is 26.7 Å². The summed E-state index contributed by atoms with van der Waals surface area (Å²) < 4.78 is 10.8. The van der Waals surface area contributed by atoms with Crippen LogP contribution in [-0.2, 0) is 0 Å². The van der Waals surface area contributed by atoms with Gasteiger partial charge in [0.15, 0.2) is 17.5 Å². The van der Waals surface area contributed by atoms with Crippen molar-refractivity contribution in [1.82, 2.24) is 15.1 Å². The Morgan fingerprint density at radius 3 is 2.29 bits per heavy atom. The van der Waals surface area contributed by atoms with Crippen molar-refractivity contribution < 1.29 is 9.47 Å². The SMILES string of the molecule is CN=C(NCC(c1ccc(OC)c(OC)c1)N(C)C)N1CC(C)CC(C)C1.I. The van der Waals surface area contributed by atoms with Gasteiger partial charge in [-0.1, -0.05) is 19.9 Å². The quantitative estimate of drug-likeness (QED) is 0.365. The Kier molecular flexibility index (Phi) is 10.4. The van der Waals surface area contributed by atoms with Gasteiger partial charge in [-0.25, -0.2) is 0 Å². The van der Waals surface area contributed by atoms with Crippen LogP contribution < -0.4 is 14.8 Å². The minimum absolute atomic E-state index is 0. The topological polar surface area (TPSA) is 49.3 Å². The number of nitrogens with zero attached hydrogens (tertiary/aromatic N) is 3. The summed E-state index contributed by atoms with van der Waals surface area (Å²) in [5.41, 5.74) is 1.18. The van der Waals surface area contributed by atoms with Crippen molar-refractivity contribution in [2.75, 3.05) is 55.0 Å². The second-order valence-corrected chi connectivity index (χ2v) is 7.87. The van der Waals surface area contributed by atoms with Crippen LogP contribution in [0.2, 0.25) is 0 Å². The van der Waals surface area contributed by atoms with Gasteiger partial charge in [-0.3, -0.25) is 4.99 Å². The summed E-state index contributed by atoms with van der Waals surface area (Å²) in [7, 11) is 9.39. The fraction of sp³-hybridized carbons (Fsp3) is 0.667. The maximum absolute atomic E-state index is 5.48. The molecule has 1 heterocycles. The summed E-state index contributed by atoms with van der Waals surface area (Å²) in [4.78, 5) is 9.14. The van der Waals surface area contributed by atoms with Crippen LogP contribution in [0.1, 0.15) is 31.9 Å². The van der Waals surface area contributed by atoms with Crippen LogP contribution in [0.25, 0.3) is 0 Å². The zero-order valence-electron chi connectivity index (χ0n) is 18.4. The van der Waals surface area contributed by atoms with Gasteiger partial charge >= 0.3 is 0 Å². The minimum Gasteiger partial charge on any atom is -0.493 e. The van der Waals surface area contributed by atoms with Crippen molar-refractivity contribution in [2.45, 2.75) is 26.3 Å². The highest BCUT2D eigenvalue weighted by Gasteiger charge is 2.25. The molecule has 0 aromatic heterocycles. The Morgan fingerprint density at radius 1 is 1.18 bits per heavy atom. The van der Waals surface area contributed by atoms with Crippen molar-refractivity contribution in [3.05, 3.63) is 23.8 Å². The van der Waals surface area contributed by atoms with Gasteiger partial charge in [-0.15, -0.1) is 24.0 Å². The highest BCUT2D eigenvalue weighted by molar-refractivity contribution is 14.0. The molecule has 3 unspecified atom stereocenters. The Balaban J connectivity index is 0.00000392. The fourth-order valence-electron chi connectivity index (χ4n) is 4.01. The van der Waals surface area contributed by atoms with Gasteiger partial charge in [0.1, 0.15) is 0 Å². The van der Waals surface area contributed by atoms with Crippen molar-refractivity contribution in [2.24, 2.45) is 16.8 Å². The molecule has 0 bridgehead atoms. The van der Waals surface area contributed by atoms with Gasteiger partial charge in [-0.05, 0) is 50.0 Å². The van der Waals surface area contributed by atoms with Gasteiger partial charge in [0.05, 0.1) is 20.3 Å². The number of rotatable bonds is 6. The van der Waals surface area contributed by atoms with Gasteiger partial charge < -0.3 is 24.6 Å². The molecule has 0 spiro atoms. The molecule has 160 valence electrons. The van der Waals surface area contributed by atoms with Crippen molar-refractivity contribution >= 4 is 29.9 Å². The van der Waals surface area contributed by atoms with E-state index < -0.39 is 0 Å². The summed E-state index contributed by atoms with van der Waals surface area (Å²) in [5.74, 6) is 3.88. The van der Waals surface area contributed by atoms with Gasteiger partial charge in [0.2, 0.25) is 0 Å². The van der Waals surface area contributed by atoms with Gasteiger partial charge in [0.25, 0.3) is 0 Å². The molecule has 6 nitrogen and oxygen atoms in total. The van der Waals surface area contributed by atoms with Gasteiger partial charge in [-0.2, -0.15) is 0 Å². The molecule has 1 saturated heterocycles. The highest BCUT2D eigenvalue weighted by Crippen LogP contribution is 2.31. The van der Waals surface area contributed by atoms with Crippen LogP contribution in [0.3, 0.4) is 0 Å². The molecule has 1 fully saturated rings. The Hall–Kier alpha value is -1.22. The number of halogens is 1. The third kappa shape index (κ3) is 6.40. The molecule has 1 N–H and O–H groups in total. The number of likely N-dealkylation sites (tertiary alicyclic amines) is 1. The number of hydrogen-bond acceptors (Lipinski definition) is 4. The molecule has 2 rings (SSSR count). The third-order valence-corrected chi connectivity index (χ3v) is 5.25. The van der Waals surface area contributed by atoms with Crippen molar-refractivity contribution in [3.8, 4) is 11.5 Å².